The van der Waals surface area contributed by atoms with Crippen LogP contribution < -0.4 is 4.72 Å². The van der Waals surface area contributed by atoms with Crippen LogP contribution in [0.15, 0.2) is 36.7 Å². The highest BCUT2D eigenvalue weighted by atomic mass is 35.5. The minimum atomic E-state index is -3.37. The van der Waals surface area contributed by atoms with Crippen LogP contribution in [0.3, 0.4) is 0 Å². The number of hydrogen-bond acceptors (Lipinski definition) is 5. The van der Waals surface area contributed by atoms with Crippen LogP contribution in [0.4, 0.5) is 5.69 Å². The maximum atomic E-state index is 11.3. The molecule has 0 spiro atoms. The third-order valence-corrected chi connectivity index (χ3v) is 3.55. The van der Waals surface area contributed by atoms with Gasteiger partial charge in [0.05, 0.1) is 24.7 Å². The molecule has 1 heterocycles. The van der Waals surface area contributed by atoms with Crippen molar-refractivity contribution in [2.45, 2.75) is 6.10 Å². The Balaban J connectivity index is 0.00000220. The first-order chi connectivity index (χ1) is 9.35. The highest BCUT2D eigenvalue weighted by molar-refractivity contribution is 7.92. The number of aliphatic hydroxyl groups excluding tert-OH is 1. The van der Waals surface area contributed by atoms with Gasteiger partial charge in [0.15, 0.2) is 0 Å². The summed E-state index contributed by atoms with van der Waals surface area (Å²) in [6.07, 6.45) is 4.15. The molecule has 1 unspecified atom stereocenters. The number of nitrogens with zero attached hydrogens (tertiary/aromatic N) is 2. The van der Waals surface area contributed by atoms with E-state index in [1.54, 1.807) is 24.3 Å². The monoisotopic (exact) mass is 333 g/mol. The van der Waals surface area contributed by atoms with E-state index in [0.29, 0.717) is 24.5 Å². The number of β-amino-alcohol motifs (C(OH)–C–C–N with tert-alkyl or cyclic N) is 1. The normalized spacial score (nSPS) is 15.8. The molecule has 21 heavy (non-hydrogen) atoms. The molecular formula is C13H20ClN3O3S. The highest BCUT2D eigenvalue weighted by Gasteiger charge is 2.18. The number of halogens is 1. The molecule has 2 N–H and O–H groups in total. The van der Waals surface area contributed by atoms with Gasteiger partial charge in [-0.25, -0.2) is 8.42 Å². The molecular weight excluding hydrogens is 314 g/mol. The Bertz CT molecular complexity index is 606. The van der Waals surface area contributed by atoms with Crippen LogP contribution in [0.25, 0.3) is 0 Å². The summed E-state index contributed by atoms with van der Waals surface area (Å²) in [4.78, 5) is 3.95. The summed E-state index contributed by atoms with van der Waals surface area (Å²) in [6, 6.07) is 6.87. The van der Waals surface area contributed by atoms with E-state index >= 15 is 0 Å². The molecule has 0 saturated carbocycles. The van der Waals surface area contributed by atoms with Crippen molar-refractivity contribution in [3.05, 3.63) is 42.2 Å². The van der Waals surface area contributed by atoms with Gasteiger partial charge in [0.1, 0.15) is 0 Å². The van der Waals surface area contributed by atoms with Gasteiger partial charge in [-0.15, -0.1) is 12.4 Å². The second-order valence-corrected chi connectivity index (χ2v) is 6.69. The van der Waals surface area contributed by atoms with Crippen LogP contribution in [0.5, 0.6) is 0 Å². The van der Waals surface area contributed by atoms with Crippen LogP contribution in [0.2, 0.25) is 0 Å². The van der Waals surface area contributed by atoms with Crippen molar-refractivity contribution in [2.75, 3.05) is 31.2 Å². The molecule has 0 aromatic heterocycles. The second kappa shape index (κ2) is 7.02. The SMILES string of the molecule is CN1C=CN(CC(O)c2ccccc2NS(C)(=O)=O)C1.Cl. The van der Waals surface area contributed by atoms with Crippen molar-refractivity contribution in [1.29, 1.82) is 0 Å². The van der Waals surface area contributed by atoms with Crippen LogP contribution in [-0.4, -0.2) is 49.8 Å². The molecule has 2 rings (SSSR count). The van der Waals surface area contributed by atoms with E-state index in [1.165, 1.54) is 0 Å². The van der Waals surface area contributed by atoms with Gasteiger partial charge in [-0.3, -0.25) is 4.72 Å². The predicted octanol–water partition coefficient (Wildman–Crippen LogP) is 1.19. The lowest BCUT2D eigenvalue weighted by atomic mass is 10.1. The van der Waals surface area contributed by atoms with Gasteiger partial charge in [-0.1, -0.05) is 18.2 Å². The Morgan fingerprint density at radius 1 is 1.33 bits per heavy atom. The zero-order valence-electron chi connectivity index (χ0n) is 11.9. The summed E-state index contributed by atoms with van der Waals surface area (Å²) in [5.74, 6) is 0. The first-order valence-corrected chi connectivity index (χ1v) is 8.12. The lowest BCUT2D eigenvalue weighted by molar-refractivity contribution is 0.128. The summed E-state index contributed by atoms with van der Waals surface area (Å²) in [6.45, 7) is 1.11. The standard InChI is InChI=1S/C13H19N3O3S.ClH/c1-15-7-8-16(10-15)9-13(17)11-5-3-4-6-12(11)14-20(2,18)19;/h3-8,13-14,17H,9-10H2,1-2H3;1H. The van der Waals surface area contributed by atoms with Crippen LogP contribution >= 0.6 is 12.4 Å². The molecule has 0 radical (unpaired) electrons. The topological polar surface area (TPSA) is 72.9 Å². The lowest BCUT2D eigenvalue weighted by Crippen LogP contribution is -2.27. The minimum absolute atomic E-state index is 0. The molecule has 1 aliphatic heterocycles. The van der Waals surface area contributed by atoms with Crippen molar-refractivity contribution in [3.63, 3.8) is 0 Å². The fourth-order valence-electron chi connectivity index (χ4n) is 2.11. The van der Waals surface area contributed by atoms with Crippen LogP contribution in [0.1, 0.15) is 11.7 Å². The highest BCUT2D eigenvalue weighted by Crippen LogP contribution is 2.25. The Labute approximate surface area is 131 Å². The van der Waals surface area contributed by atoms with E-state index < -0.39 is 16.1 Å². The smallest absolute Gasteiger partial charge is 0.229 e. The molecule has 0 amide bonds. The zero-order chi connectivity index (χ0) is 14.8. The van der Waals surface area contributed by atoms with Gasteiger partial charge in [-0.2, -0.15) is 0 Å². The summed E-state index contributed by atoms with van der Waals surface area (Å²) in [5, 5.41) is 10.3. The molecule has 0 bridgehead atoms. The predicted molar refractivity (Wildman–Crippen MR) is 85.6 cm³/mol. The molecule has 1 aliphatic rings. The van der Waals surface area contributed by atoms with Crippen molar-refractivity contribution in [2.24, 2.45) is 0 Å². The van der Waals surface area contributed by atoms with Crippen LogP contribution in [0, 0.1) is 0 Å². The number of sulfonamides is 1. The van der Waals surface area contributed by atoms with E-state index in [9.17, 15) is 13.5 Å². The molecule has 6 nitrogen and oxygen atoms in total. The van der Waals surface area contributed by atoms with E-state index in [2.05, 4.69) is 4.72 Å². The third kappa shape index (κ3) is 5.11. The Kier molecular flexibility index (Phi) is 5.88. The molecule has 0 fully saturated rings. The van der Waals surface area contributed by atoms with Gasteiger partial charge in [0, 0.05) is 31.6 Å². The minimum Gasteiger partial charge on any atom is -0.386 e. The number of rotatable bonds is 5. The van der Waals surface area contributed by atoms with E-state index in [4.69, 9.17) is 0 Å². The Morgan fingerprint density at radius 3 is 2.57 bits per heavy atom. The van der Waals surface area contributed by atoms with Crippen molar-refractivity contribution in [1.82, 2.24) is 9.80 Å². The lowest BCUT2D eigenvalue weighted by Gasteiger charge is -2.23. The summed E-state index contributed by atoms with van der Waals surface area (Å²) < 4.78 is 25.1. The van der Waals surface area contributed by atoms with Crippen molar-refractivity contribution in [3.8, 4) is 0 Å². The zero-order valence-corrected chi connectivity index (χ0v) is 13.6. The largest absolute Gasteiger partial charge is 0.386 e. The quantitative estimate of drug-likeness (QED) is 0.847. The number of anilines is 1. The molecule has 8 heteroatoms. The summed E-state index contributed by atoms with van der Waals surface area (Å²) >= 11 is 0. The van der Waals surface area contributed by atoms with Gasteiger partial charge in [-0.05, 0) is 6.07 Å². The third-order valence-electron chi connectivity index (χ3n) is 2.96. The Hall–Kier alpha value is -1.44. The Morgan fingerprint density at radius 2 is 2.00 bits per heavy atom. The van der Waals surface area contributed by atoms with E-state index in [-0.39, 0.29) is 12.4 Å². The molecule has 1 atom stereocenters. The maximum absolute atomic E-state index is 11.3. The number of aliphatic hydroxyl groups is 1. The molecule has 1 aromatic rings. The maximum Gasteiger partial charge on any atom is 0.229 e. The van der Waals surface area contributed by atoms with E-state index in [1.807, 2.05) is 29.2 Å². The van der Waals surface area contributed by atoms with Crippen LogP contribution in [-0.2, 0) is 10.0 Å². The molecule has 118 valence electrons. The van der Waals surface area contributed by atoms with Gasteiger partial charge in [0.25, 0.3) is 0 Å². The number of para-hydroxylation sites is 1. The second-order valence-electron chi connectivity index (χ2n) is 4.95. The first-order valence-electron chi connectivity index (χ1n) is 6.22. The summed E-state index contributed by atoms with van der Waals surface area (Å²) in [7, 11) is -1.42. The molecule has 0 aliphatic carbocycles. The van der Waals surface area contributed by atoms with Gasteiger partial charge in [0.2, 0.25) is 10.0 Å². The average Bonchev–Trinajstić information content (AvgIpc) is 2.73. The summed E-state index contributed by atoms with van der Waals surface area (Å²) in [5.41, 5.74) is 0.986. The van der Waals surface area contributed by atoms with Crippen molar-refractivity contribution < 1.29 is 13.5 Å². The fourth-order valence-corrected chi connectivity index (χ4v) is 2.69. The van der Waals surface area contributed by atoms with Gasteiger partial charge < -0.3 is 14.9 Å². The fraction of sp³-hybridized carbons (Fsp3) is 0.385. The average molecular weight is 334 g/mol. The molecule has 0 saturated heterocycles. The first kappa shape index (κ1) is 17.6. The number of benzene rings is 1. The van der Waals surface area contributed by atoms with Gasteiger partial charge >= 0.3 is 0 Å². The van der Waals surface area contributed by atoms with Crippen molar-refractivity contribution >= 4 is 28.1 Å². The number of hydrogen-bond donors (Lipinski definition) is 2. The molecule has 1 aromatic carbocycles. The number of nitrogens with one attached hydrogen (secondary N) is 1. The van der Waals surface area contributed by atoms with E-state index in [0.717, 1.165) is 6.26 Å².